The van der Waals surface area contributed by atoms with Gasteiger partial charge in [0.15, 0.2) is 5.69 Å². The van der Waals surface area contributed by atoms with Crippen LogP contribution in [0.1, 0.15) is 98.5 Å². The van der Waals surface area contributed by atoms with Crippen LogP contribution in [0.25, 0.3) is 0 Å². The Morgan fingerprint density at radius 1 is 0.654 bits per heavy atom. The molecule has 13 nitrogen and oxygen atoms in total. The number of nitro groups is 2. The number of nitrogens with zero attached hydrogens (tertiary/aromatic N) is 7. The lowest BCUT2D eigenvalue weighted by atomic mass is 10.0. The molecule has 0 bridgehead atoms. The molecule has 0 fully saturated rings. The van der Waals surface area contributed by atoms with Crippen molar-refractivity contribution < 1.29 is 19.3 Å². The molecule has 0 aliphatic rings. The number of ether oxygens (including phenoxy) is 2. The Labute approximate surface area is 307 Å². The molecular formula is C39H55N7O6. The Morgan fingerprint density at radius 2 is 1.15 bits per heavy atom. The Morgan fingerprint density at radius 3 is 1.60 bits per heavy atom. The second-order valence-corrected chi connectivity index (χ2v) is 13.0. The Hall–Kier alpha value is -4.94. The first-order chi connectivity index (χ1) is 25.1. The van der Waals surface area contributed by atoms with E-state index in [0.717, 1.165) is 93.5 Å². The molecule has 0 aliphatic carbocycles. The minimum Gasteiger partial charge on any atom is -0.491 e. The zero-order valence-electron chi connectivity index (χ0n) is 31.8. The molecule has 3 aromatic carbocycles. The van der Waals surface area contributed by atoms with E-state index < -0.39 is 21.2 Å². The van der Waals surface area contributed by atoms with Crippen molar-refractivity contribution in [1.29, 1.82) is 0 Å². The molecule has 0 radical (unpaired) electrons. The van der Waals surface area contributed by atoms with Crippen molar-refractivity contribution in [3.8, 4) is 11.5 Å². The number of benzene rings is 3. The van der Waals surface area contributed by atoms with Gasteiger partial charge in [-0.1, -0.05) is 66.2 Å². The smallest absolute Gasteiger partial charge is 0.303 e. The van der Waals surface area contributed by atoms with Crippen molar-refractivity contribution in [2.24, 2.45) is 32.3 Å². The molecule has 0 saturated heterocycles. The molecule has 3 rings (SSSR count). The molecule has 0 saturated carbocycles. The molecule has 0 spiro atoms. The number of nitro benzene ring substituents is 2. The van der Waals surface area contributed by atoms with Crippen LogP contribution in [0.15, 0.2) is 69.0 Å². The monoisotopic (exact) mass is 717 g/mol. The van der Waals surface area contributed by atoms with E-state index in [1.165, 1.54) is 6.07 Å². The first-order valence-corrected chi connectivity index (χ1v) is 18.6. The summed E-state index contributed by atoms with van der Waals surface area (Å²) >= 11 is 0. The van der Waals surface area contributed by atoms with E-state index in [1.807, 2.05) is 19.1 Å². The van der Waals surface area contributed by atoms with E-state index >= 15 is 0 Å². The van der Waals surface area contributed by atoms with E-state index in [9.17, 15) is 20.2 Å². The van der Waals surface area contributed by atoms with Crippen molar-refractivity contribution in [2.75, 3.05) is 31.2 Å². The fraction of sp³-hybridized carbons (Fsp3) is 0.538. The Balaban J connectivity index is 2.15. The average Bonchev–Trinajstić information content (AvgIpc) is 3.14. The SMILES string of the molecule is CCCCC(CC)COc1cc(N=Nc2ccc([N+](=O)[O-])cc2[N+](=O)[O-])c(OCC(CC)CCCC)cc1N=Nc1ccc(N(CC)CC)cc1C. The largest absolute Gasteiger partial charge is 0.491 e. The van der Waals surface area contributed by atoms with E-state index in [-0.39, 0.29) is 11.4 Å². The van der Waals surface area contributed by atoms with Gasteiger partial charge in [-0.05, 0) is 75.3 Å². The van der Waals surface area contributed by atoms with Crippen molar-refractivity contribution in [3.05, 3.63) is 74.3 Å². The number of hydrogen-bond acceptors (Lipinski definition) is 11. The van der Waals surface area contributed by atoms with Crippen LogP contribution in [0.5, 0.6) is 11.5 Å². The fourth-order valence-corrected chi connectivity index (χ4v) is 5.75. The van der Waals surface area contributed by atoms with Crippen molar-refractivity contribution in [3.63, 3.8) is 0 Å². The molecule has 3 aromatic rings. The van der Waals surface area contributed by atoms with Crippen LogP contribution < -0.4 is 14.4 Å². The first kappa shape index (κ1) is 41.5. The normalized spacial score (nSPS) is 12.7. The van der Waals surface area contributed by atoms with Crippen LogP contribution >= 0.6 is 0 Å². The minimum absolute atomic E-state index is 0.128. The zero-order chi connectivity index (χ0) is 38.0. The van der Waals surface area contributed by atoms with Gasteiger partial charge in [-0.2, -0.15) is 5.11 Å². The number of azo groups is 2. The first-order valence-electron chi connectivity index (χ1n) is 18.6. The zero-order valence-corrected chi connectivity index (χ0v) is 31.8. The molecule has 0 amide bonds. The molecule has 2 atom stereocenters. The highest BCUT2D eigenvalue weighted by molar-refractivity contribution is 5.68. The molecule has 0 N–H and O–H groups in total. The molecule has 13 heteroatoms. The molecule has 0 aliphatic heterocycles. The van der Waals surface area contributed by atoms with Crippen molar-refractivity contribution in [2.45, 2.75) is 99.8 Å². The van der Waals surface area contributed by atoms with Crippen LogP contribution in [-0.2, 0) is 0 Å². The van der Waals surface area contributed by atoms with Gasteiger partial charge < -0.3 is 14.4 Å². The molecule has 282 valence electrons. The van der Waals surface area contributed by atoms with E-state index in [0.29, 0.717) is 42.2 Å². The maximum Gasteiger partial charge on any atom is 0.303 e. The third-order valence-corrected chi connectivity index (χ3v) is 9.28. The summed E-state index contributed by atoms with van der Waals surface area (Å²) in [5, 5.41) is 41.0. The Kier molecular flexibility index (Phi) is 17.1. The summed E-state index contributed by atoms with van der Waals surface area (Å²) in [5.41, 5.74) is 2.49. The highest BCUT2D eigenvalue weighted by Crippen LogP contribution is 2.43. The maximum absolute atomic E-state index is 11.8. The van der Waals surface area contributed by atoms with Crippen LogP contribution in [0.4, 0.5) is 39.8 Å². The molecule has 2 unspecified atom stereocenters. The van der Waals surface area contributed by atoms with Gasteiger partial charge in [-0.15, -0.1) is 15.3 Å². The number of unbranched alkanes of at least 4 members (excludes halogenated alkanes) is 2. The highest BCUT2D eigenvalue weighted by Gasteiger charge is 2.21. The summed E-state index contributed by atoms with van der Waals surface area (Å²) < 4.78 is 12.8. The van der Waals surface area contributed by atoms with E-state index in [2.05, 4.69) is 73.0 Å². The van der Waals surface area contributed by atoms with Crippen molar-refractivity contribution in [1.82, 2.24) is 0 Å². The summed E-state index contributed by atoms with van der Waals surface area (Å²) in [7, 11) is 0. The standard InChI is InChI=1S/C39H55N7O6/c1-8-14-16-29(10-3)26-51-38-25-36(43-41-34-21-19-32(45(47)48)23-37(34)46(49)50)39(52-27-30(11-4)17-15-9-2)24-35(38)42-40-33-20-18-31(22-28(33)7)44(12-5)13-6/h18-25,29-30H,8-17,26-27H2,1-7H3. The lowest BCUT2D eigenvalue weighted by Gasteiger charge is -2.21. The quantitative estimate of drug-likeness (QED) is 0.0536. The summed E-state index contributed by atoms with van der Waals surface area (Å²) in [5.74, 6) is 1.43. The molecular weight excluding hydrogens is 662 g/mol. The summed E-state index contributed by atoms with van der Waals surface area (Å²) in [6.45, 7) is 17.5. The summed E-state index contributed by atoms with van der Waals surface area (Å²) in [6, 6.07) is 12.8. The average molecular weight is 718 g/mol. The highest BCUT2D eigenvalue weighted by atomic mass is 16.6. The van der Waals surface area contributed by atoms with Gasteiger partial charge in [-0.3, -0.25) is 20.2 Å². The Bertz CT molecular complexity index is 1680. The van der Waals surface area contributed by atoms with E-state index in [4.69, 9.17) is 9.47 Å². The third-order valence-electron chi connectivity index (χ3n) is 9.28. The van der Waals surface area contributed by atoms with Gasteiger partial charge in [-0.25, -0.2) is 0 Å². The van der Waals surface area contributed by atoms with Crippen LogP contribution in [0.2, 0.25) is 0 Å². The number of rotatable bonds is 23. The minimum atomic E-state index is -0.714. The van der Waals surface area contributed by atoms with Crippen molar-refractivity contribution >= 4 is 39.8 Å². The number of non-ortho nitro benzene ring substituents is 1. The van der Waals surface area contributed by atoms with E-state index in [1.54, 1.807) is 12.1 Å². The lowest BCUT2D eigenvalue weighted by Crippen LogP contribution is -2.21. The lowest BCUT2D eigenvalue weighted by molar-refractivity contribution is -0.393. The molecule has 0 aromatic heterocycles. The topological polar surface area (TPSA) is 157 Å². The maximum atomic E-state index is 11.8. The molecule has 0 heterocycles. The number of anilines is 1. The second-order valence-electron chi connectivity index (χ2n) is 13.0. The van der Waals surface area contributed by atoms with Gasteiger partial charge in [0.2, 0.25) is 0 Å². The van der Waals surface area contributed by atoms with Gasteiger partial charge in [0.25, 0.3) is 5.69 Å². The van der Waals surface area contributed by atoms with Gasteiger partial charge in [0.1, 0.15) is 22.9 Å². The van der Waals surface area contributed by atoms with Gasteiger partial charge in [0.05, 0.1) is 34.8 Å². The molecule has 52 heavy (non-hydrogen) atoms. The summed E-state index contributed by atoms with van der Waals surface area (Å²) in [6.07, 6.45) is 8.24. The van der Waals surface area contributed by atoms with Crippen LogP contribution in [0.3, 0.4) is 0 Å². The predicted octanol–water partition coefficient (Wildman–Crippen LogP) is 12.7. The van der Waals surface area contributed by atoms with Gasteiger partial charge >= 0.3 is 5.69 Å². The second kappa shape index (κ2) is 21.4. The van der Waals surface area contributed by atoms with Crippen LogP contribution in [0, 0.1) is 39.0 Å². The third kappa shape index (κ3) is 12.1. The number of hydrogen-bond donors (Lipinski definition) is 0. The predicted molar refractivity (Wildman–Crippen MR) is 207 cm³/mol. The summed E-state index contributed by atoms with van der Waals surface area (Å²) in [4.78, 5) is 24.0. The van der Waals surface area contributed by atoms with Crippen LogP contribution in [-0.4, -0.2) is 36.1 Å². The van der Waals surface area contributed by atoms with Gasteiger partial charge in [0, 0.05) is 37.0 Å². The fourth-order valence-electron chi connectivity index (χ4n) is 5.75. The number of aryl methyl sites for hydroxylation is 1.